The Hall–Kier alpha value is -1.36. The lowest BCUT2D eigenvalue weighted by atomic mass is 10.0. The number of oxazole rings is 1. The number of nitrogens with one attached hydrogen (secondary N) is 2. The van der Waals surface area contributed by atoms with Crippen LogP contribution in [0.5, 0.6) is 0 Å². The van der Waals surface area contributed by atoms with Gasteiger partial charge in [0.25, 0.3) is 0 Å². The predicted octanol–water partition coefficient (Wildman–Crippen LogP) is 0.851. The molecule has 2 rings (SSSR count). The first-order valence-electron chi connectivity index (χ1n) is 6.15. The highest BCUT2D eigenvalue weighted by Crippen LogP contribution is 2.15. The van der Waals surface area contributed by atoms with Gasteiger partial charge in [0.05, 0.1) is 18.7 Å². The van der Waals surface area contributed by atoms with Gasteiger partial charge in [0, 0.05) is 12.5 Å². The third kappa shape index (κ3) is 2.85. The van der Waals surface area contributed by atoms with Crippen molar-refractivity contribution in [3.63, 3.8) is 0 Å². The number of aryl methyl sites for hydroxylation is 1. The summed E-state index contributed by atoms with van der Waals surface area (Å²) in [5.41, 5.74) is 0. The van der Waals surface area contributed by atoms with Crippen molar-refractivity contribution in [2.24, 2.45) is 5.92 Å². The van der Waals surface area contributed by atoms with Crippen molar-refractivity contribution in [3.8, 4) is 0 Å². The van der Waals surface area contributed by atoms with E-state index in [0.29, 0.717) is 12.4 Å². The molecule has 1 saturated heterocycles. The molecular weight excluding hydrogens is 218 g/mol. The van der Waals surface area contributed by atoms with Crippen molar-refractivity contribution in [1.29, 1.82) is 0 Å². The molecule has 2 N–H and O–H groups in total. The molecule has 1 amide bonds. The van der Waals surface area contributed by atoms with E-state index in [1.807, 2.05) is 13.8 Å². The highest BCUT2D eigenvalue weighted by atomic mass is 16.4. The van der Waals surface area contributed by atoms with E-state index >= 15 is 0 Å². The minimum absolute atomic E-state index is 0.0654. The van der Waals surface area contributed by atoms with E-state index in [9.17, 15) is 4.79 Å². The summed E-state index contributed by atoms with van der Waals surface area (Å²) in [5.74, 6) is 1.58. The first kappa shape index (κ1) is 12.1. The Morgan fingerprint density at radius 3 is 3.12 bits per heavy atom. The smallest absolute Gasteiger partial charge is 0.225 e. The second-order valence-corrected chi connectivity index (χ2v) is 4.43. The average Bonchev–Trinajstić information content (AvgIpc) is 2.94. The van der Waals surface area contributed by atoms with Crippen LogP contribution in [0.15, 0.2) is 10.6 Å². The van der Waals surface area contributed by atoms with Crippen LogP contribution >= 0.6 is 0 Å². The maximum Gasteiger partial charge on any atom is 0.225 e. The Morgan fingerprint density at radius 1 is 1.71 bits per heavy atom. The highest BCUT2D eigenvalue weighted by Gasteiger charge is 2.29. The summed E-state index contributed by atoms with van der Waals surface area (Å²) in [5, 5.41) is 6.14. The molecule has 2 unspecified atom stereocenters. The molecule has 0 bridgehead atoms. The largest absolute Gasteiger partial charge is 0.444 e. The van der Waals surface area contributed by atoms with Crippen LogP contribution in [0.25, 0.3) is 0 Å². The molecule has 0 saturated carbocycles. The van der Waals surface area contributed by atoms with Gasteiger partial charge in [-0.2, -0.15) is 0 Å². The number of hydrogen-bond acceptors (Lipinski definition) is 4. The summed E-state index contributed by atoms with van der Waals surface area (Å²) in [6, 6.07) is 0.255. The van der Waals surface area contributed by atoms with Crippen LogP contribution in [0.4, 0.5) is 0 Å². The lowest BCUT2D eigenvalue weighted by Gasteiger charge is -2.13. The van der Waals surface area contributed by atoms with Crippen LogP contribution in [0.3, 0.4) is 0 Å². The minimum Gasteiger partial charge on any atom is -0.444 e. The number of rotatable bonds is 4. The molecule has 0 spiro atoms. The average molecular weight is 237 g/mol. The molecule has 94 valence electrons. The number of carbonyl (C=O) groups excluding carboxylic acids is 1. The van der Waals surface area contributed by atoms with Gasteiger partial charge in [0.15, 0.2) is 0 Å². The van der Waals surface area contributed by atoms with Crippen molar-refractivity contribution >= 4 is 5.91 Å². The molecule has 5 heteroatoms. The molecule has 2 atom stereocenters. The fourth-order valence-corrected chi connectivity index (χ4v) is 2.10. The molecule has 5 nitrogen and oxygen atoms in total. The van der Waals surface area contributed by atoms with Crippen LogP contribution in [0.1, 0.15) is 31.9 Å². The Bertz CT molecular complexity index is 389. The van der Waals surface area contributed by atoms with Gasteiger partial charge in [-0.1, -0.05) is 6.92 Å². The van der Waals surface area contributed by atoms with Gasteiger partial charge in [-0.25, -0.2) is 4.98 Å². The Morgan fingerprint density at radius 2 is 2.53 bits per heavy atom. The molecule has 0 radical (unpaired) electrons. The third-order valence-electron chi connectivity index (χ3n) is 3.23. The number of aromatic nitrogens is 1. The molecule has 17 heavy (non-hydrogen) atoms. The van der Waals surface area contributed by atoms with Crippen LogP contribution in [-0.4, -0.2) is 23.5 Å². The van der Waals surface area contributed by atoms with Crippen LogP contribution in [0, 0.1) is 5.92 Å². The lowest BCUT2D eigenvalue weighted by Crippen LogP contribution is -2.36. The second-order valence-electron chi connectivity index (χ2n) is 4.43. The van der Waals surface area contributed by atoms with Crippen LogP contribution < -0.4 is 10.6 Å². The maximum absolute atomic E-state index is 11.9. The first-order chi connectivity index (χ1) is 8.20. The molecule has 1 aliphatic heterocycles. The van der Waals surface area contributed by atoms with Crippen molar-refractivity contribution in [1.82, 2.24) is 15.6 Å². The van der Waals surface area contributed by atoms with Crippen molar-refractivity contribution in [2.45, 2.75) is 39.3 Å². The van der Waals surface area contributed by atoms with E-state index in [1.54, 1.807) is 6.20 Å². The van der Waals surface area contributed by atoms with E-state index in [2.05, 4.69) is 15.6 Å². The normalized spacial score (nSPS) is 23.9. The summed E-state index contributed by atoms with van der Waals surface area (Å²) in [7, 11) is 0. The Labute approximate surface area is 101 Å². The Balaban J connectivity index is 1.83. The number of carbonyl (C=O) groups is 1. The van der Waals surface area contributed by atoms with Gasteiger partial charge in [0.1, 0.15) is 5.76 Å². The summed E-state index contributed by atoms with van der Waals surface area (Å²) in [4.78, 5) is 16.0. The molecule has 0 aromatic carbocycles. The quantitative estimate of drug-likeness (QED) is 0.814. The van der Waals surface area contributed by atoms with Crippen molar-refractivity contribution < 1.29 is 9.21 Å². The monoisotopic (exact) mass is 237 g/mol. The number of hydrogen-bond donors (Lipinski definition) is 2. The second kappa shape index (κ2) is 5.31. The van der Waals surface area contributed by atoms with Crippen molar-refractivity contribution in [2.75, 3.05) is 6.54 Å². The third-order valence-corrected chi connectivity index (χ3v) is 3.23. The minimum atomic E-state index is 0.0654. The molecule has 0 aliphatic carbocycles. The summed E-state index contributed by atoms with van der Waals surface area (Å²) >= 11 is 0. The maximum atomic E-state index is 11.9. The van der Waals surface area contributed by atoms with Gasteiger partial charge in [-0.15, -0.1) is 0 Å². The molecule has 2 heterocycles. The zero-order valence-electron chi connectivity index (χ0n) is 10.3. The van der Waals surface area contributed by atoms with Gasteiger partial charge in [-0.3, -0.25) is 4.79 Å². The van der Waals surface area contributed by atoms with Gasteiger partial charge >= 0.3 is 0 Å². The summed E-state index contributed by atoms with van der Waals surface area (Å²) in [6.45, 7) is 5.34. The zero-order chi connectivity index (χ0) is 12.3. The molecule has 1 aromatic heterocycles. The van der Waals surface area contributed by atoms with E-state index in [0.717, 1.165) is 25.1 Å². The molecule has 1 aromatic rings. The first-order valence-corrected chi connectivity index (χ1v) is 6.15. The Kier molecular flexibility index (Phi) is 3.78. The van der Waals surface area contributed by atoms with Crippen LogP contribution in [-0.2, 0) is 17.8 Å². The van der Waals surface area contributed by atoms with E-state index in [4.69, 9.17) is 4.42 Å². The predicted molar refractivity (Wildman–Crippen MR) is 63.3 cm³/mol. The fourth-order valence-electron chi connectivity index (χ4n) is 2.10. The van der Waals surface area contributed by atoms with Gasteiger partial charge in [-0.05, 0) is 19.9 Å². The van der Waals surface area contributed by atoms with Crippen molar-refractivity contribution in [3.05, 3.63) is 17.8 Å². The van der Waals surface area contributed by atoms with Gasteiger partial charge < -0.3 is 15.1 Å². The summed E-state index contributed by atoms with van der Waals surface area (Å²) < 4.78 is 5.43. The van der Waals surface area contributed by atoms with E-state index in [1.165, 1.54) is 0 Å². The summed E-state index contributed by atoms with van der Waals surface area (Å²) in [6.07, 6.45) is 3.44. The highest BCUT2D eigenvalue weighted by molar-refractivity contribution is 5.79. The molecule has 1 fully saturated rings. The van der Waals surface area contributed by atoms with Crippen LogP contribution in [0.2, 0.25) is 0 Å². The van der Waals surface area contributed by atoms with E-state index in [-0.39, 0.29) is 17.9 Å². The van der Waals surface area contributed by atoms with Gasteiger partial charge in [0.2, 0.25) is 11.8 Å². The molecule has 1 aliphatic rings. The molecular formula is C12H19N3O2. The number of amides is 1. The zero-order valence-corrected chi connectivity index (χ0v) is 10.3. The fraction of sp³-hybridized carbons (Fsp3) is 0.667. The van der Waals surface area contributed by atoms with E-state index < -0.39 is 0 Å². The topological polar surface area (TPSA) is 67.2 Å². The lowest BCUT2D eigenvalue weighted by molar-refractivity contribution is -0.125. The number of nitrogens with zero attached hydrogens (tertiary/aromatic N) is 1. The SMILES string of the molecule is CCc1cnc(CNC(=O)C2CCNC2C)o1. The standard InChI is InChI=1S/C12H19N3O2/c1-3-9-6-14-11(17-9)7-15-12(16)10-4-5-13-8(10)2/h6,8,10,13H,3-5,7H2,1-2H3,(H,15,16).